The Labute approximate surface area is 120 Å². The maximum Gasteiger partial charge on any atom is 0.242 e. The van der Waals surface area contributed by atoms with Crippen molar-refractivity contribution in [2.45, 2.75) is 24.3 Å². The van der Waals surface area contributed by atoms with Gasteiger partial charge in [-0.15, -0.1) is 0 Å². The minimum atomic E-state index is -3.41. The van der Waals surface area contributed by atoms with E-state index in [0.29, 0.717) is 11.4 Å². The van der Waals surface area contributed by atoms with Gasteiger partial charge in [0, 0.05) is 25.4 Å². The Hall–Kier alpha value is -0.560. The highest BCUT2D eigenvalue weighted by atomic mass is 32.2. The topological polar surface area (TPSA) is 63.4 Å². The summed E-state index contributed by atoms with van der Waals surface area (Å²) in [7, 11) is -1.80. The molecule has 19 heavy (non-hydrogen) atoms. The van der Waals surface area contributed by atoms with Crippen molar-refractivity contribution < 1.29 is 8.42 Å². The van der Waals surface area contributed by atoms with E-state index in [1.807, 2.05) is 19.2 Å². The Morgan fingerprint density at radius 3 is 2.68 bits per heavy atom. The van der Waals surface area contributed by atoms with Gasteiger partial charge in [0.1, 0.15) is 0 Å². The molecule has 0 spiro atoms. The number of nitrogens with zero attached hydrogens (tertiary/aromatic N) is 1. The fourth-order valence-electron chi connectivity index (χ4n) is 1.66. The minimum Gasteiger partial charge on any atom is -0.324 e. The molecule has 2 N–H and O–H groups in total. The van der Waals surface area contributed by atoms with Crippen LogP contribution in [-0.4, -0.2) is 38.3 Å². The Morgan fingerprint density at radius 1 is 1.42 bits per heavy atom. The van der Waals surface area contributed by atoms with E-state index in [9.17, 15) is 8.42 Å². The molecule has 0 amide bonds. The molecule has 4 nitrogen and oxygen atoms in total. The van der Waals surface area contributed by atoms with Crippen molar-refractivity contribution in [2.75, 3.05) is 25.6 Å². The first kappa shape index (κ1) is 16.5. The molecule has 0 saturated heterocycles. The zero-order valence-electron chi connectivity index (χ0n) is 11.7. The first-order valence-corrected chi connectivity index (χ1v) is 9.07. The highest BCUT2D eigenvalue weighted by Crippen LogP contribution is 2.20. The summed E-state index contributed by atoms with van der Waals surface area (Å²) in [5.74, 6) is 0.782. The maximum absolute atomic E-state index is 12.4. The maximum atomic E-state index is 12.4. The molecular weight excluding hydrogens is 280 g/mol. The van der Waals surface area contributed by atoms with Gasteiger partial charge >= 0.3 is 0 Å². The SMILES string of the molecule is CCC(N)c1cccc(S(=O)(=O)N(C)CCSC)c1. The van der Waals surface area contributed by atoms with Crippen molar-refractivity contribution in [2.24, 2.45) is 5.73 Å². The van der Waals surface area contributed by atoms with E-state index in [0.717, 1.165) is 17.7 Å². The quantitative estimate of drug-likeness (QED) is 0.837. The largest absolute Gasteiger partial charge is 0.324 e. The summed E-state index contributed by atoms with van der Waals surface area (Å²) in [4.78, 5) is 0.317. The molecule has 0 fully saturated rings. The molecule has 0 radical (unpaired) electrons. The van der Waals surface area contributed by atoms with Crippen LogP contribution in [0.5, 0.6) is 0 Å². The summed E-state index contributed by atoms with van der Waals surface area (Å²) in [6.07, 6.45) is 2.74. The van der Waals surface area contributed by atoms with Crippen molar-refractivity contribution in [3.8, 4) is 0 Å². The third-order valence-corrected chi connectivity index (χ3v) is 5.49. The van der Waals surface area contributed by atoms with Gasteiger partial charge in [-0.05, 0) is 30.4 Å². The van der Waals surface area contributed by atoms with E-state index < -0.39 is 10.0 Å². The molecule has 0 aliphatic rings. The summed E-state index contributed by atoms with van der Waals surface area (Å²) in [5, 5.41) is 0. The van der Waals surface area contributed by atoms with Gasteiger partial charge < -0.3 is 5.73 Å². The molecule has 1 unspecified atom stereocenters. The fourth-order valence-corrected chi connectivity index (χ4v) is 3.46. The Balaban J connectivity index is 3.01. The summed E-state index contributed by atoms with van der Waals surface area (Å²) in [6, 6.07) is 6.80. The first-order valence-electron chi connectivity index (χ1n) is 6.24. The monoisotopic (exact) mass is 302 g/mol. The number of hydrogen-bond donors (Lipinski definition) is 1. The predicted molar refractivity (Wildman–Crippen MR) is 81.9 cm³/mol. The van der Waals surface area contributed by atoms with Gasteiger partial charge in [0.15, 0.2) is 0 Å². The van der Waals surface area contributed by atoms with Crippen LogP contribution in [0.1, 0.15) is 24.9 Å². The van der Waals surface area contributed by atoms with Crippen molar-refractivity contribution in [3.63, 3.8) is 0 Å². The van der Waals surface area contributed by atoms with Gasteiger partial charge in [0.25, 0.3) is 0 Å². The average molecular weight is 302 g/mol. The van der Waals surface area contributed by atoms with Crippen LogP contribution in [0.3, 0.4) is 0 Å². The van der Waals surface area contributed by atoms with Crippen molar-refractivity contribution >= 4 is 21.8 Å². The third-order valence-electron chi connectivity index (χ3n) is 3.04. The van der Waals surface area contributed by atoms with Crippen molar-refractivity contribution in [1.29, 1.82) is 0 Å². The fraction of sp³-hybridized carbons (Fsp3) is 0.538. The lowest BCUT2D eigenvalue weighted by molar-refractivity contribution is 0.488. The van der Waals surface area contributed by atoms with Gasteiger partial charge in [0.05, 0.1) is 4.90 Å². The Kier molecular flexibility index (Phi) is 6.32. The smallest absolute Gasteiger partial charge is 0.242 e. The van der Waals surface area contributed by atoms with Gasteiger partial charge in [-0.25, -0.2) is 12.7 Å². The molecule has 0 aromatic heterocycles. The van der Waals surface area contributed by atoms with Gasteiger partial charge in [-0.2, -0.15) is 11.8 Å². The Morgan fingerprint density at radius 2 is 2.11 bits per heavy atom. The second-order valence-corrected chi connectivity index (χ2v) is 7.44. The van der Waals surface area contributed by atoms with Crippen LogP contribution in [0.4, 0.5) is 0 Å². The molecule has 0 aliphatic carbocycles. The highest BCUT2D eigenvalue weighted by molar-refractivity contribution is 7.98. The van der Waals surface area contributed by atoms with E-state index in [-0.39, 0.29) is 6.04 Å². The van der Waals surface area contributed by atoms with Gasteiger partial charge in [0.2, 0.25) is 10.0 Å². The normalized spacial score (nSPS) is 13.7. The molecule has 1 rings (SSSR count). The zero-order chi connectivity index (χ0) is 14.5. The van der Waals surface area contributed by atoms with Crippen LogP contribution < -0.4 is 5.73 Å². The van der Waals surface area contributed by atoms with Crippen LogP contribution in [0.15, 0.2) is 29.2 Å². The van der Waals surface area contributed by atoms with Crippen molar-refractivity contribution in [1.82, 2.24) is 4.31 Å². The van der Waals surface area contributed by atoms with E-state index in [1.54, 1.807) is 37.0 Å². The lowest BCUT2D eigenvalue weighted by Crippen LogP contribution is -2.29. The van der Waals surface area contributed by atoms with Crippen LogP contribution in [-0.2, 0) is 10.0 Å². The Bertz CT molecular complexity index is 503. The summed E-state index contributed by atoms with van der Waals surface area (Å²) >= 11 is 1.63. The molecule has 1 atom stereocenters. The number of sulfonamides is 1. The van der Waals surface area contributed by atoms with Crippen LogP contribution >= 0.6 is 11.8 Å². The average Bonchev–Trinajstić information content (AvgIpc) is 2.43. The highest BCUT2D eigenvalue weighted by Gasteiger charge is 2.21. The van der Waals surface area contributed by atoms with Gasteiger partial charge in [-0.3, -0.25) is 0 Å². The molecule has 1 aromatic carbocycles. The van der Waals surface area contributed by atoms with E-state index in [2.05, 4.69) is 0 Å². The van der Waals surface area contributed by atoms with E-state index in [4.69, 9.17) is 5.73 Å². The number of nitrogens with two attached hydrogens (primary N) is 1. The molecular formula is C13H22N2O2S2. The number of hydrogen-bond acceptors (Lipinski definition) is 4. The molecule has 0 bridgehead atoms. The summed E-state index contributed by atoms with van der Waals surface area (Å²) in [6.45, 7) is 2.49. The second-order valence-electron chi connectivity index (χ2n) is 4.41. The third kappa shape index (κ3) is 4.21. The van der Waals surface area contributed by atoms with Crippen LogP contribution in [0.25, 0.3) is 0 Å². The van der Waals surface area contributed by atoms with Crippen LogP contribution in [0, 0.1) is 0 Å². The minimum absolute atomic E-state index is 0.119. The van der Waals surface area contributed by atoms with E-state index >= 15 is 0 Å². The molecule has 6 heteroatoms. The molecule has 0 heterocycles. The molecule has 1 aromatic rings. The zero-order valence-corrected chi connectivity index (χ0v) is 13.3. The number of rotatable bonds is 7. The second kappa shape index (κ2) is 7.28. The van der Waals surface area contributed by atoms with Crippen molar-refractivity contribution in [3.05, 3.63) is 29.8 Å². The number of benzene rings is 1. The first-order chi connectivity index (χ1) is 8.93. The number of thioether (sulfide) groups is 1. The molecule has 0 aliphatic heterocycles. The van der Waals surface area contributed by atoms with E-state index in [1.165, 1.54) is 4.31 Å². The van der Waals surface area contributed by atoms with Gasteiger partial charge in [-0.1, -0.05) is 19.1 Å². The molecule has 108 valence electrons. The summed E-state index contributed by atoms with van der Waals surface area (Å²) < 4.78 is 26.1. The van der Waals surface area contributed by atoms with Crippen LogP contribution in [0.2, 0.25) is 0 Å². The lowest BCUT2D eigenvalue weighted by Gasteiger charge is -2.18. The standard InChI is InChI=1S/C13H22N2O2S2/c1-4-13(14)11-6-5-7-12(10-11)19(16,17)15(2)8-9-18-3/h5-7,10,13H,4,8-9,14H2,1-3H3. The lowest BCUT2D eigenvalue weighted by atomic mass is 10.1. The predicted octanol–water partition coefficient (Wildman–Crippen LogP) is 2.08. The molecule has 0 saturated carbocycles. The summed E-state index contributed by atoms with van der Waals surface area (Å²) in [5.41, 5.74) is 6.81.